The summed E-state index contributed by atoms with van der Waals surface area (Å²) >= 11 is 7.55. The number of halogens is 2. The Hall–Kier alpha value is -2.70. The molecule has 7 heteroatoms. The average Bonchev–Trinajstić information content (AvgIpc) is 3.35. The van der Waals surface area contributed by atoms with Crippen molar-refractivity contribution in [3.05, 3.63) is 88.3 Å². The van der Waals surface area contributed by atoms with Crippen LogP contribution >= 0.6 is 22.9 Å². The second-order valence-corrected chi connectivity index (χ2v) is 7.58. The number of rotatable bonds is 6. The Labute approximate surface area is 171 Å². The van der Waals surface area contributed by atoms with Gasteiger partial charge in [0.2, 0.25) is 0 Å². The average molecular weight is 413 g/mol. The van der Waals surface area contributed by atoms with Crippen molar-refractivity contribution < 1.29 is 4.39 Å². The van der Waals surface area contributed by atoms with Gasteiger partial charge < -0.3 is 9.13 Å². The van der Waals surface area contributed by atoms with E-state index in [1.807, 2.05) is 36.8 Å². The predicted octanol–water partition coefficient (Wildman–Crippen LogP) is 5.53. The van der Waals surface area contributed by atoms with Crippen molar-refractivity contribution in [3.63, 3.8) is 0 Å². The maximum absolute atomic E-state index is 13.3. The molecule has 2 aromatic carbocycles. The molecule has 142 valence electrons. The highest BCUT2D eigenvalue weighted by molar-refractivity contribution is 7.07. The van der Waals surface area contributed by atoms with E-state index in [0.29, 0.717) is 5.02 Å². The number of imidazole rings is 1. The second kappa shape index (κ2) is 8.54. The topological polar surface area (TPSA) is 35.1 Å². The molecule has 0 N–H and O–H groups in total. The summed E-state index contributed by atoms with van der Waals surface area (Å²) in [5.41, 5.74) is 2.85. The number of hydrogen-bond acceptors (Lipinski definition) is 3. The summed E-state index contributed by atoms with van der Waals surface area (Å²) in [4.78, 5) is 9.77. The van der Waals surface area contributed by atoms with Crippen molar-refractivity contribution in [2.75, 3.05) is 0 Å². The first kappa shape index (κ1) is 18.7. The lowest BCUT2D eigenvalue weighted by Crippen LogP contribution is -2.17. The molecule has 28 heavy (non-hydrogen) atoms. The van der Waals surface area contributed by atoms with Crippen LogP contribution in [0.1, 0.15) is 6.42 Å². The third-order valence-corrected chi connectivity index (χ3v) is 5.46. The Kier molecular flexibility index (Phi) is 5.69. The maximum atomic E-state index is 13.3. The van der Waals surface area contributed by atoms with Gasteiger partial charge in [0.25, 0.3) is 0 Å². The van der Waals surface area contributed by atoms with E-state index in [4.69, 9.17) is 16.6 Å². The standard InChI is InChI=1S/C21H18ClFN4S/c22-17-4-8-19(9-5-17)25-21-27(12-1-11-26-13-10-24-15-26)20(14-28-21)16-2-6-18(23)7-3-16/h2-10,13-15H,1,11-12H2. The van der Waals surface area contributed by atoms with Gasteiger partial charge in [-0.05, 0) is 60.5 Å². The van der Waals surface area contributed by atoms with Crippen molar-refractivity contribution in [2.24, 2.45) is 4.99 Å². The minimum Gasteiger partial charge on any atom is -0.337 e. The smallest absolute Gasteiger partial charge is 0.190 e. The van der Waals surface area contributed by atoms with Crippen LogP contribution in [0.4, 0.5) is 10.1 Å². The monoisotopic (exact) mass is 412 g/mol. The fraction of sp³-hybridized carbons (Fsp3) is 0.143. The molecule has 0 bridgehead atoms. The van der Waals surface area contributed by atoms with E-state index < -0.39 is 0 Å². The molecule has 0 unspecified atom stereocenters. The van der Waals surface area contributed by atoms with Crippen molar-refractivity contribution in [1.82, 2.24) is 14.1 Å². The van der Waals surface area contributed by atoms with Gasteiger partial charge in [0.15, 0.2) is 4.80 Å². The van der Waals surface area contributed by atoms with E-state index in [-0.39, 0.29) is 5.82 Å². The summed E-state index contributed by atoms with van der Waals surface area (Å²) in [7, 11) is 0. The molecular weight excluding hydrogens is 395 g/mol. The fourth-order valence-corrected chi connectivity index (χ4v) is 4.02. The Morgan fingerprint density at radius 2 is 1.82 bits per heavy atom. The molecule has 2 heterocycles. The number of hydrogen-bond donors (Lipinski definition) is 0. The van der Waals surface area contributed by atoms with Gasteiger partial charge in [0, 0.05) is 35.9 Å². The highest BCUT2D eigenvalue weighted by atomic mass is 35.5. The summed E-state index contributed by atoms with van der Waals surface area (Å²) in [5, 5.41) is 2.75. The van der Waals surface area contributed by atoms with E-state index in [9.17, 15) is 4.39 Å². The quantitative estimate of drug-likeness (QED) is 0.410. The number of aryl methyl sites for hydroxylation is 1. The molecule has 0 aliphatic heterocycles. The summed E-state index contributed by atoms with van der Waals surface area (Å²) < 4.78 is 17.6. The molecular formula is C21H18ClFN4S. The molecule has 4 rings (SSSR count). The third kappa shape index (κ3) is 4.40. The lowest BCUT2D eigenvalue weighted by Gasteiger charge is -2.10. The number of aromatic nitrogens is 3. The van der Waals surface area contributed by atoms with Gasteiger partial charge in [0.1, 0.15) is 5.82 Å². The summed E-state index contributed by atoms with van der Waals surface area (Å²) in [6.45, 7) is 1.66. The minimum absolute atomic E-state index is 0.239. The molecule has 0 radical (unpaired) electrons. The first-order valence-electron chi connectivity index (χ1n) is 8.89. The molecule has 0 saturated carbocycles. The zero-order valence-electron chi connectivity index (χ0n) is 15.0. The zero-order chi connectivity index (χ0) is 19.3. The maximum Gasteiger partial charge on any atom is 0.190 e. The molecule has 0 aliphatic rings. The number of thiazole rings is 1. The van der Waals surface area contributed by atoms with Crippen molar-refractivity contribution in [3.8, 4) is 11.3 Å². The summed E-state index contributed by atoms with van der Waals surface area (Å²) in [5.74, 6) is -0.239. The van der Waals surface area contributed by atoms with Gasteiger partial charge in [-0.2, -0.15) is 0 Å². The Bertz CT molecular complexity index is 1100. The molecule has 0 spiro atoms. The predicted molar refractivity (Wildman–Crippen MR) is 111 cm³/mol. The molecule has 0 atom stereocenters. The normalized spacial score (nSPS) is 11.9. The van der Waals surface area contributed by atoms with Gasteiger partial charge in [-0.1, -0.05) is 11.6 Å². The summed E-state index contributed by atoms with van der Waals surface area (Å²) in [6.07, 6.45) is 6.48. The Morgan fingerprint density at radius 3 is 2.54 bits per heavy atom. The van der Waals surface area contributed by atoms with Gasteiger partial charge in [-0.3, -0.25) is 0 Å². The van der Waals surface area contributed by atoms with Crippen molar-refractivity contribution in [1.29, 1.82) is 0 Å². The van der Waals surface area contributed by atoms with Crippen LogP contribution in [0.5, 0.6) is 0 Å². The van der Waals surface area contributed by atoms with E-state index in [1.165, 1.54) is 12.1 Å². The highest BCUT2D eigenvalue weighted by Gasteiger charge is 2.09. The van der Waals surface area contributed by atoms with Crippen LogP contribution in [-0.4, -0.2) is 14.1 Å². The van der Waals surface area contributed by atoms with Gasteiger partial charge in [-0.25, -0.2) is 14.4 Å². The van der Waals surface area contributed by atoms with Crippen LogP contribution in [0.25, 0.3) is 11.3 Å². The van der Waals surface area contributed by atoms with E-state index in [0.717, 1.165) is 41.3 Å². The SMILES string of the molecule is Fc1ccc(-c2csc(=Nc3ccc(Cl)cc3)n2CCCn2ccnc2)cc1. The van der Waals surface area contributed by atoms with Crippen molar-refractivity contribution >= 4 is 28.6 Å². The molecule has 0 saturated heterocycles. The summed E-state index contributed by atoms with van der Waals surface area (Å²) in [6, 6.07) is 14.0. The van der Waals surface area contributed by atoms with Crippen LogP contribution in [-0.2, 0) is 13.1 Å². The molecule has 4 aromatic rings. The molecule has 0 amide bonds. The van der Waals surface area contributed by atoms with Crippen LogP contribution in [0.15, 0.2) is 77.6 Å². The lowest BCUT2D eigenvalue weighted by molar-refractivity contribution is 0.559. The lowest BCUT2D eigenvalue weighted by atomic mass is 10.1. The molecule has 0 fully saturated rings. The number of benzene rings is 2. The zero-order valence-corrected chi connectivity index (χ0v) is 16.6. The second-order valence-electron chi connectivity index (χ2n) is 6.30. The van der Waals surface area contributed by atoms with Crippen LogP contribution in [0.3, 0.4) is 0 Å². The van der Waals surface area contributed by atoms with Crippen molar-refractivity contribution in [2.45, 2.75) is 19.5 Å². The molecule has 4 nitrogen and oxygen atoms in total. The molecule has 0 aliphatic carbocycles. The largest absolute Gasteiger partial charge is 0.337 e. The fourth-order valence-electron chi connectivity index (χ4n) is 2.94. The van der Waals surface area contributed by atoms with E-state index in [2.05, 4.69) is 19.5 Å². The first-order chi connectivity index (χ1) is 13.7. The highest BCUT2D eigenvalue weighted by Crippen LogP contribution is 2.22. The van der Waals surface area contributed by atoms with Crippen LogP contribution < -0.4 is 4.80 Å². The van der Waals surface area contributed by atoms with Gasteiger partial charge >= 0.3 is 0 Å². The van der Waals surface area contributed by atoms with E-state index in [1.54, 1.807) is 29.7 Å². The Balaban J connectivity index is 1.68. The minimum atomic E-state index is -0.239. The third-order valence-electron chi connectivity index (χ3n) is 4.35. The number of nitrogens with zero attached hydrogens (tertiary/aromatic N) is 4. The van der Waals surface area contributed by atoms with Gasteiger partial charge in [0.05, 0.1) is 17.7 Å². The first-order valence-corrected chi connectivity index (χ1v) is 10.1. The van der Waals surface area contributed by atoms with E-state index >= 15 is 0 Å². The molecule has 2 aromatic heterocycles. The van der Waals surface area contributed by atoms with Gasteiger partial charge in [-0.15, -0.1) is 11.3 Å². The Morgan fingerprint density at radius 1 is 1.04 bits per heavy atom. The van der Waals surface area contributed by atoms with Crippen LogP contribution in [0, 0.1) is 5.82 Å². The van der Waals surface area contributed by atoms with Crippen LogP contribution in [0.2, 0.25) is 5.02 Å².